The van der Waals surface area contributed by atoms with Crippen molar-refractivity contribution in [2.24, 2.45) is 0 Å². The summed E-state index contributed by atoms with van der Waals surface area (Å²) in [6, 6.07) is 11.3. The monoisotopic (exact) mass is 282 g/mol. The van der Waals surface area contributed by atoms with E-state index in [-0.39, 0.29) is 11.7 Å². The van der Waals surface area contributed by atoms with Crippen molar-refractivity contribution < 1.29 is 9.90 Å². The normalized spacial score (nSPS) is 13.0. The molecule has 0 atom stereocenters. The molecule has 21 heavy (non-hydrogen) atoms. The number of phenols is 1. The molecular formula is C17H18N2O2. The van der Waals surface area contributed by atoms with Gasteiger partial charge >= 0.3 is 0 Å². The first-order chi connectivity index (χ1) is 10.1. The van der Waals surface area contributed by atoms with Crippen LogP contribution in [-0.4, -0.2) is 11.0 Å². The van der Waals surface area contributed by atoms with Gasteiger partial charge < -0.3 is 15.7 Å². The fourth-order valence-corrected chi connectivity index (χ4v) is 2.57. The van der Waals surface area contributed by atoms with Gasteiger partial charge in [0.05, 0.1) is 5.56 Å². The van der Waals surface area contributed by atoms with Crippen LogP contribution in [-0.2, 0) is 19.6 Å². The second kappa shape index (κ2) is 5.58. The van der Waals surface area contributed by atoms with Gasteiger partial charge in [-0.25, -0.2) is 0 Å². The van der Waals surface area contributed by atoms with E-state index in [4.69, 9.17) is 0 Å². The Morgan fingerprint density at radius 3 is 2.81 bits per heavy atom. The van der Waals surface area contributed by atoms with Gasteiger partial charge in [-0.05, 0) is 41.3 Å². The first-order valence-corrected chi connectivity index (χ1v) is 7.03. The topological polar surface area (TPSA) is 61.4 Å². The Bertz CT molecular complexity index is 695. The lowest BCUT2D eigenvalue weighted by Gasteiger charge is -2.08. The second-order valence-electron chi connectivity index (χ2n) is 5.41. The predicted molar refractivity (Wildman–Crippen MR) is 81.0 cm³/mol. The summed E-state index contributed by atoms with van der Waals surface area (Å²) in [5.41, 5.74) is 4.91. The molecule has 108 valence electrons. The van der Waals surface area contributed by atoms with E-state index in [0.717, 1.165) is 24.2 Å². The van der Waals surface area contributed by atoms with Crippen molar-refractivity contribution in [1.82, 2.24) is 10.6 Å². The Labute approximate surface area is 123 Å². The van der Waals surface area contributed by atoms with Crippen LogP contribution in [0.5, 0.6) is 5.75 Å². The number of aryl methyl sites for hydroxylation is 1. The van der Waals surface area contributed by atoms with Crippen molar-refractivity contribution in [2.75, 3.05) is 0 Å². The quantitative estimate of drug-likeness (QED) is 0.809. The van der Waals surface area contributed by atoms with Crippen LogP contribution in [0.3, 0.4) is 0 Å². The van der Waals surface area contributed by atoms with E-state index in [9.17, 15) is 9.90 Å². The SMILES string of the molecule is Cc1ccc(C(=O)NCc2ccc3c(c2)CNC3)c(O)c1. The number of hydrogen-bond acceptors (Lipinski definition) is 3. The summed E-state index contributed by atoms with van der Waals surface area (Å²) in [5, 5.41) is 16.0. The molecule has 4 nitrogen and oxygen atoms in total. The van der Waals surface area contributed by atoms with E-state index >= 15 is 0 Å². The van der Waals surface area contributed by atoms with Gasteiger partial charge in [0.2, 0.25) is 0 Å². The van der Waals surface area contributed by atoms with Crippen LogP contribution < -0.4 is 10.6 Å². The first-order valence-electron chi connectivity index (χ1n) is 7.03. The lowest BCUT2D eigenvalue weighted by molar-refractivity contribution is 0.0948. The number of carbonyl (C=O) groups is 1. The summed E-state index contributed by atoms with van der Waals surface area (Å²) in [6.07, 6.45) is 0. The highest BCUT2D eigenvalue weighted by molar-refractivity contribution is 5.96. The van der Waals surface area contributed by atoms with Crippen molar-refractivity contribution in [3.8, 4) is 5.75 Å². The number of hydrogen-bond donors (Lipinski definition) is 3. The highest BCUT2D eigenvalue weighted by Crippen LogP contribution is 2.19. The number of nitrogens with one attached hydrogen (secondary N) is 2. The molecule has 2 aromatic rings. The fraction of sp³-hybridized carbons (Fsp3) is 0.235. The van der Waals surface area contributed by atoms with Crippen molar-refractivity contribution in [3.63, 3.8) is 0 Å². The molecule has 0 saturated carbocycles. The standard InChI is InChI=1S/C17H18N2O2/c1-11-2-5-15(16(20)6-11)17(21)19-8-12-3-4-13-9-18-10-14(13)7-12/h2-7,18,20H,8-10H2,1H3,(H,19,21). The fourth-order valence-electron chi connectivity index (χ4n) is 2.57. The molecule has 3 N–H and O–H groups in total. The van der Waals surface area contributed by atoms with Crippen LogP contribution in [0.25, 0.3) is 0 Å². The summed E-state index contributed by atoms with van der Waals surface area (Å²) in [5.74, 6) is -0.239. The van der Waals surface area contributed by atoms with Crippen LogP contribution in [0.2, 0.25) is 0 Å². The van der Waals surface area contributed by atoms with E-state index in [0.29, 0.717) is 12.1 Å². The van der Waals surface area contributed by atoms with E-state index in [1.807, 2.05) is 19.1 Å². The molecule has 4 heteroatoms. The summed E-state index contributed by atoms with van der Waals surface area (Å²) >= 11 is 0. The van der Waals surface area contributed by atoms with E-state index in [1.54, 1.807) is 12.1 Å². The smallest absolute Gasteiger partial charge is 0.255 e. The van der Waals surface area contributed by atoms with Gasteiger partial charge in [0.25, 0.3) is 5.91 Å². The first kappa shape index (κ1) is 13.6. The van der Waals surface area contributed by atoms with Gasteiger partial charge in [-0.1, -0.05) is 24.3 Å². The predicted octanol–water partition coefficient (Wildman–Crippen LogP) is 2.23. The molecule has 0 spiro atoms. The van der Waals surface area contributed by atoms with Gasteiger partial charge in [0.15, 0.2) is 0 Å². The zero-order chi connectivity index (χ0) is 14.8. The number of rotatable bonds is 3. The highest BCUT2D eigenvalue weighted by Gasteiger charge is 2.12. The summed E-state index contributed by atoms with van der Waals surface area (Å²) in [6.45, 7) is 4.13. The third-order valence-electron chi connectivity index (χ3n) is 3.75. The highest BCUT2D eigenvalue weighted by atomic mass is 16.3. The largest absolute Gasteiger partial charge is 0.507 e. The van der Waals surface area contributed by atoms with Gasteiger partial charge in [-0.2, -0.15) is 0 Å². The minimum Gasteiger partial charge on any atom is -0.507 e. The molecule has 0 aliphatic carbocycles. The van der Waals surface area contributed by atoms with E-state index < -0.39 is 0 Å². The van der Waals surface area contributed by atoms with Crippen LogP contribution in [0, 0.1) is 6.92 Å². The number of amides is 1. The third-order valence-corrected chi connectivity index (χ3v) is 3.75. The lowest BCUT2D eigenvalue weighted by atomic mass is 10.1. The molecule has 0 aromatic heterocycles. The maximum atomic E-state index is 12.1. The Kier molecular flexibility index (Phi) is 3.62. The Morgan fingerprint density at radius 1 is 1.19 bits per heavy atom. The molecule has 0 unspecified atom stereocenters. The van der Waals surface area contributed by atoms with E-state index in [1.165, 1.54) is 11.1 Å². The molecule has 3 rings (SSSR count). The molecule has 1 amide bonds. The Morgan fingerprint density at radius 2 is 2.00 bits per heavy atom. The second-order valence-corrected chi connectivity index (χ2v) is 5.41. The third kappa shape index (κ3) is 2.90. The molecule has 1 aliphatic rings. The molecule has 0 bridgehead atoms. The zero-order valence-electron chi connectivity index (χ0n) is 11.9. The number of fused-ring (bicyclic) bond motifs is 1. The number of benzene rings is 2. The van der Waals surface area contributed by atoms with Crippen molar-refractivity contribution >= 4 is 5.91 Å². The zero-order valence-corrected chi connectivity index (χ0v) is 11.9. The average Bonchev–Trinajstić information content (AvgIpc) is 2.92. The minimum atomic E-state index is -0.258. The lowest BCUT2D eigenvalue weighted by Crippen LogP contribution is -2.23. The number of aromatic hydroxyl groups is 1. The van der Waals surface area contributed by atoms with Crippen molar-refractivity contribution in [3.05, 3.63) is 64.2 Å². The van der Waals surface area contributed by atoms with Crippen molar-refractivity contribution in [2.45, 2.75) is 26.6 Å². The van der Waals surface area contributed by atoms with Crippen LogP contribution in [0.15, 0.2) is 36.4 Å². The van der Waals surface area contributed by atoms with E-state index in [2.05, 4.69) is 22.8 Å². The minimum absolute atomic E-state index is 0.0191. The maximum Gasteiger partial charge on any atom is 0.255 e. The molecule has 1 heterocycles. The molecule has 0 fully saturated rings. The van der Waals surface area contributed by atoms with Gasteiger partial charge in [0, 0.05) is 19.6 Å². The van der Waals surface area contributed by atoms with Crippen LogP contribution >= 0.6 is 0 Å². The number of carbonyl (C=O) groups excluding carboxylic acids is 1. The summed E-state index contributed by atoms with van der Waals surface area (Å²) in [7, 11) is 0. The van der Waals surface area contributed by atoms with Gasteiger partial charge in [0.1, 0.15) is 5.75 Å². The average molecular weight is 282 g/mol. The molecular weight excluding hydrogens is 264 g/mol. The van der Waals surface area contributed by atoms with Crippen LogP contribution in [0.1, 0.15) is 32.6 Å². The van der Waals surface area contributed by atoms with Gasteiger partial charge in [-0.3, -0.25) is 4.79 Å². The maximum absolute atomic E-state index is 12.1. The van der Waals surface area contributed by atoms with Crippen LogP contribution in [0.4, 0.5) is 0 Å². The summed E-state index contributed by atoms with van der Waals surface area (Å²) < 4.78 is 0. The van der Waals surface area contributed by atoms with Crippen molar-refractivity contribution in [1.29, 1.82) is 0 Å². The Balaban J connectivity index is 1.68. The molecule has 1 aliphatic heterocycles. The molecule has 0 radical (unpaired) electrons. The summed E-state index contributed by atoms with van der Waals surface area (Å²) in [4.78, 5) is 12.1. The van der Waals surface area contributed by atoms with Gasteiger partial charge in [-0.15, -0.1) is 0 Å². The number of phenolic OH excluding ortho intramolecular Hbond substituents is 1. The Hall–Kier alpha value is -2.33. The molecule has 2 aromatic carbocycles. The molecule has 0 saturated heterocycles.